The van der Waals surface area contributed by atoms with E-state index in [2.05, 4.69) is 15.6 Å². The van der Waals surface area contributed by atoms with Crippen LogP contribution in [0.15, 0.2) is 4.99 Å². The van der Waals surface area contributed by atoms with Crippen LogP contribution < -0.4 is 27.8 Å². The molecule has 8 N–H and O–H groups in total. The summed E-state index contributed by atoms with van der Waals surface area (Å²) in [4.78, 5) is 14.6. The van der Waals surface area contributed by atoms with Gasteiger partial charge in [-0.15, -0.1) is 0 Å². The minimum Gasteiger partial charge on any atom is -0.358 e. The Labute approximate surface area is 94.8 Å². The van der Waals surface area contributed by atoms with E-state index in [1.165, 1.54) is 0 Å². The lowest BCUT2D eigenvalue weighted by molar-refractivity contribution is -0.110. The van der Waals surface area contributed by atoms with Gasteiger partial charge in [0.25, 0.3) is 0 Å². The second-order valence-corrected chi connectivity index (χ2v) is 4.67. The SMILES string of the molecule is CC1(C)N=CC(CN)(CNC=O)C(N)(N)N1. The number of nitrogens with zero attached hydrogens (tertiary/aromatic N) is 1. The highest BCUT2D eigenvalue weighted by Gasteiger charge is 2.49. The Bertz CT molecular complexity index is 300. The van der Waals surface area contributed by atoms with E-state index in [1.54, 1.807) is 6.21 Å². The van der Waals surface area contributed by atoms with Crippen molar-refractivity contribution in [1.29, 1.82) is 0 Å². The first-order valence-electron chi connectivity index (χ1n) is 5.09. The van der Waals surface area contributed by atoms with Crippen molar-refractivity contribution in [2.75, 3.05) is 13.1 Å². The zero-order chi connectivity index (χ0) is 12.4. The van der Waals surface area contributed by atoms with Crippen molar-refractivity contribution in [2.24, 2.45) is 27.6 Å². The lowest BCUT2D eigenvalue weighted by Gasteiger charge is -2.49. The average Bonchev–Trinajstić information content (AvgIpc) is 2.15. The van der Waals surface area contributed by atoms with Gasteiger partial charge in [0.05, 0.1) is 5.41 Å². The molecular formula is C9H20N6O. The van der Waals surface area contributed by atoms with Crippen molar-refractivity contribution in [3.63, 3.8) is 0 Å². The third-order valence-corrected chi connectivity index (χ3v) is 2.84. The van der Waals surface area contributed by atoms with Crippen molar-refractivity contribution >= 4 is 12.6 Å². The molecule has 0 bridgehead atoms. The number of rotatable bonds is 4. The van der Waals surface area contributed by atoms with Gasteiger partial charge in [-0.2, -0.15) is 0 Å². The van der Waals surface area contributed by atoms with Crippen molar-refractivity contribution in [2.45, 2.75) is 25.3 Å². The molecule has 0 radical (unpaired) electrons. The molecule has 0 aromatic rings. The molecule has 1 aliphatic heterocycles. The van der Waals surface area contributed by atoms with Gasteiger partial charge in [-0.1, -0.05) is 0 Å². The highest BCUT2D eigenvalue weighted by Crippen LogP contribution is 2.27. The molecule has 0 aromatic heterocycles. The zero-order valence-corrected chi connectivity index (χ0v) is 9.66. The van der Waals surface area contributed by atoms with Crippen LogP contribution in [0.25, 0.3) is 0 Å². The third kappa shape index (κ3) is 2.22. The smallest absolute Gasteiger partial charge is 0.207 e. The normalized spacial score (nSPS) is 31.1. The summed E-state index contributed by atoms with van der Waals surface area (Å²) in [6, 6.07) is 0. The summed E-state index contributed by atoms with van der Waals surface area (Å²) in [6.07, 6.45) is 2.22. The highest BCUT2D eigenvalue weighted by molar-refractivity contribution is 5.71. The van der Waals surface area contributed by atoms with Crippen molar-refractivity contribution < 1.29 is 4.79 Å². The summed E-state index contributed by atoms with van der Waals surface area (Å²) >= 11 is 0. The quantitative estimate of drug-likeness (QED) is 0.272. The molecule has 1 aliphatic rings. The average molecular weight is 228 g/mol. The number of nitrogens with two attached hydrogens (primary N) is 3. The van der Waals surface area contributed by atoms with Crippen molar-refractivity contribution in [3.05, 3.63) is 0 Å². The summed E-state index contributed by atoms with van der Waals surface area (Å²) in [7, 11) is 0. The van der Waals surface area contributed by atoms with Gasteiger partial charge in [0.15, 0.2) is 0 Å². The van der Waals surface area contributed by atoms with Crippen LogP contribution in [0, 0.1) is 5.41 Å². The molecular weight excluding hydrogens is 208 g/mol. The van der Waals surface area contributed by atoms with E-state index in [1.807, 2.05) is 13.8 Å². The van der Waals surface area contributed by atoms with Gasteiger partial charge in [0.1, 0.15) is 11.4 Å². The number of carbonyl (C=O) groups is 1. The summed E-state index contributed by atoms with van der Waals surface area (Å²) in [5.41, 5.74) is 16.4. The van der Waals surface area contributed by atoms with Crippen molar-refractivity contribution in [1.82, 2.24) is 10.6 Å². The Balaban J connectivity index is 3.03. The molecule has 1 rings (SSSR count). The molecule has 16 heavy (non-hydrogen) atoms. The van der Waals surface area contributed by atoms with E-state index < -0.39 is 16.9 Å². The van der Waals surface area contributed by atoms with Gasteiger partial charge in [0.2, 0.25) is 6.41 Å². The van der Waals surface area contributed by atoms with Gasteiger partial charge in [0, 0.05) is 19.3 Å². The molecule has 1 atom stereocenters. The first kappa shape index (κ1) is 13.0. The minimum atomic E-state index is -1.22. The number of hydrogen-bond acceptors (Lipinski definition) is 6. The second-order valence-electron chi connectivity index (χ2n) is 4.67. The molecule has 0 spiro atoms. The Kier molecular flexibility index (Phi) is 3.34. The van der Waals surface area contributed by atoms with Crippen molar-refractivity contribution in [3.8, 4) is 0 Å². The first-order valence-corrected chi connectivity index (χ1v) is 5.09. The lowest BCUT2D eigenvalue weighted by Crippen LogP contribution is -2.80. The maximum Gasteiger partial charge on any atom is 0.207 e. The van der Waals surface area contributed by atoms with Crippen LogP contribution in [0.5, 0.6) is 0 Å². The molecule has 1 amide bonds. The number of aliphatic imine (C=N–C) groups is 1. The summed E-state index contributed by atoms with van der Waals surface area (Å²) in [6.45, 7) is 4.14. The van der Waals surface area contributed by atoms with E-state index in [-0.39, 0.29) is 13.1 Å². The summed E-state index contributed by atoms with van der Waals surface area (Å²) < 4.78 is 0. The Morgan fingerprint density at radius 3 is 2.56 bits per heavy atom. The van der Waals surface area contributed by atoms with Gasteiger partial charge in [-0.3, -0.25) is 15.1 Å². The lowest BCUT2D eigenvalue weighted by atomic mass is 9.79. The fourth-order valence-corrected chi connectivity index (χ4v) is 1.76. The fraction of sp³-hybridized carbons (Fsp3) is 0.778. The number of hydrogen-bond donors (Lipinski definition) is 5. The molecule has 7 heteroatoms. The Hall–Kier alpha value is -1.02. The number of amides is 1. The van der Waals surface area contributed by atoms with Gasteiger partial charge in [-0.05, 0) is 13.8 Å². The summed E-state index contributed by atoms with van der Waals surface area (Å²) in [5, 5.41) is 5.55. The monoisotopic (exact) mass is 228 g/mol. The molecule has 0 fully saturated rings. The summed E-state index contributed by atoms with van der Waals surface area (Å²) in [5.74, 6) is -1.22. The molecule has 0 saturated heterocycles. The van der Waals surface area contributed by atoms with Crippen LogP contribution >= 0.6 is 0 Å². The van der Waals surface area contributed by atoms with Gasteiger partial charge < -0.3 is 22.5 Å². The molecule has 1 unspecified atom stereocenters. The number of nitrogens with one attached hydrogen (secondary N) is 2. The predicted molar refractivity (Wildman–Crippen MR) is 62.4 cm³/mol. The van der Waals surface area contributed by atoms with Crippen LogP contribution in [-0.2, 0) is 4.79 Å². The van der Waals surface area contributed by atoms with E-state index in [9.17, 15) is 4.79 Å². The molecule has 7 nitrogen and oxygen atoms in total. The highest BCUT2D eigenvalue weighted by atomic mass is 16.1. The van der Waals surface area contributed by atoms with E-state index >= 15 is 0 Å². The predicted octanol–water partition coefficient (Wildman–Crippen LogP) is -2.34. The van der Waals surface area contributed by atoms with Crippen LogP contribution in [0.2, 0.25) is 0 Å². The van der Waals surface area contributed by atoms with E-state index in [4.69, 9.17) is 17.2 Å². The van der Waals surface area contributed by atoms with Gasteiger partial charge in [-0.25, -0.2) is 0 Å². The fourth-order valence-electron chi connectivity index (χ4n) is 1.76. The molecule has 0 aromatic carbocycles. The number of carbonyl (C=O) groups excluding carboxylic acids is 1. The topological polar surface area (TPSA) is 132 Å². The molecule has 1 heterocycles. The van der Waals surface area contributed by atoms with Crippen LogP contribution in [-0.4, -0.2) is 37.2 Å². The maximum absolute atomic E-state index is 10.3. The van der Waals surface area contributed by atoms with Crippen LogP contribution in [0.3, 0.4) is 0 Å². The Morgan fingerprint density at radius 2 is 2.12 bits per heavy atom. The maximum atomic E-state index is 10.3. The van der Waals surface area contributed by atoms with Crippen LogP contribution in [0.4, 0.5) is 0 Å². The van der Waals surface area contributed by atoms with E-state index in [0.29, 0.717) is 6.41 Å². The minimum absolute atomic E-state index is 0.188. The zero-order valence-electron chi connectivity index (χ0n) is 9.66. The molecule has 0 aliphatic carbocycles. The standard InChI is InChI=1S/C9H20N6O/c1-7(2)14-5-8(3-10,4-13-6-16)9(11,12)15-7/h5-6,15H,3-4,10-12H2,1-2H3,(H,13,16). The first-order chi connectivity index (χ1) is 7.29. The third-order valence-electron chi connectivity index (χ3n) is 2.84. The molecule has 0 saturated carbocycles. The van der Waals surface area contributed by atoms with Gasteiger partial charge >= 0.3 is 0 Å². The van der Waals surface area contributed by atoms with Crippen LogP contribution in [0.1, 0.15) is 13.8 Å². The second kappa shape index (κ2) is 4.10. The largest absolute Gasteiger partial charge is 0.358 e. The van der Waals surface area contributed by atoms with E-state index in [0.717, 1.165) is 0 Å². The Morgan fingerprint density at radius 1 is 1.50 bits per heavy atom. The molecule has 92 valence electrons.